The van der Waals surface area contributed by atoms with Crippen LogP contribution in [0.5, 0.6) is 5.75 Å². The number of carbonyl (C=O) groups is 1. The highest BCUT2D eigenvalue weighted by Gasteiger charge is 2.52. The molecule has 2 aliphatic rings. The summed E-state index contributed by atoms with van der Waals surface area (Å²) in [6, 6.07) is 12.3. The largest absolute Gasteiger partial charge is 0.495 e. The minimum Gasteiger partial charge on any atom is -0.493 e. The molecule has 0 aromatic heterocycles. The van der Waals surface area contributed by atoms with E-state index in [4.69, 9.17) is 18.8 Å². The van der Waals surface area contributed by atoms with Gasteiger partial charge in [0.25, 0.3) is 0 Å². The molecule has 2 aliphatic heterocycles. The fourth-order valence-electron chi connectivity index (χ4n) is 3.92. The van der Waals surface area contributed by atoms with Gasteiger partial charge in [0.1, 0.15) is 11.4 Å². The van der Waals surface area contributed by atoms with Crippen LogP contribution in [-0.4, -0.2) is 54.6 Å². The van der Waals surface area contributed by atoms with Crippen molar-refractivity contribution >= 4 is 29.4 Å². The second kappa shape index (κ2) is 7.96. The molecule has 7 heteroatoms. The minimum absolute atomic E-state index is 0.262. The average Bonchev–Trinajstić information content (AvgIpc) is 2.85. The predicted molar refractivity (Wildman–Crippen MR) is 126 cm³/mol. The molecule has 172 valence electrons. The maximum atomic E-state index is 12.1. The lowest BCUT2D eigenvalue weighted by Crippen LogP contribution is -2.53. The van der Waals surface area contributed by atoms with Crippen LogP contribution >= 0.6 is 0 Å². The maximum absolute atomic E-state index is 12.1. The molecule has 1 amide bonds. The van der Waals surface area contributed by atoms with Gasteiger partial charge in [0.2, 0.25) is 0 Å². The fraction of sp³-hybridized carbons (Fsp3) is 0.560. The Hall–Kier alpha value is -2.25. The normalized spacial score (nSPS) is 20.3. The average molecular weight is 439 g/mol. The lowest BCUT2D eigenvalue weighted by molar-refractivity contribution is -0.00780. The highest BCUT2D eigenvalue weighted by atomic mass is 16.7. The van der Waals surface area contributed by atoms with E-state index in [0.29, 0.717) is 19.7 Å². The first kappa shape index (κ1) is 22.9. The molecule has 0 saturated carbocycles. The van der Waals surface area contributed by atoms with Crippen LogP contribution in [0.25, 0.3) is 10.8 Å². The van der Waals surface area contributed by atoms with Crippen LogP contribution in [0.1, 0.15) is 48.5 Å². The van der Waals surface area contributed by atoms with E-state index in [9.17, 15) is 4.79 Å². The molecule has 0 N–H and O–H groups in total. The van der Waals surface area contributed by atoms with Crippen LogP contribution in [0, 0.1) is 5.92 Å². The molecule has 0 atom stereocenters. The molecule has 0 unspecified atom stereocenters. The number of rotatable bonds is 4. The topological polar surface area (TPSA) is 57.2 Å². The van der Waals surface area contributed by atoms with Crippen molar-refractivity contribution < 1.29 is 23.6 Å². The first-order valence-corrected chi connectivity index (χ1v) is 11.3. The number of ether oxygens (including phenoxy) is 2. The van der Waals surface area contributed by atoms with E-state index in [0.717, 1.165) is 22.0 Å². The maximum Gasteiger partial charge on any atom is 0.495 e. The zero-order chi connectivity index (χ0) is 23.3. The summed E-state index contributed by atoms with van der Waals surface area (Å²) in [5.41, 5.74) is -0.326. The Morgan fingerprint density at radius 3 is 2.34 bits per heavy atom. The molecule has 6 nitrogen and oxygen atoms in total. The lowest BCUT2D eigenvalue weighted by atomic mass is 9.76. The number of nitrogens with zero attached hydrogens (tertiary/aromatic N) is 1. The molecule has 0 spiro atoms. The summed E-state index contributed by atoms with van der Waals surface area (Å²) in [6.45, 7) is 15.7. The number of carbonyl (C=O) groups excluding carboxylic acids is 1. The van der Waals surface area contributed by atoms with E-state index >= 15 is 0 Å². The van der Waals surface area contributed by atoms with Crippen molar-refractivity contribution in [3.8, 4) is 5.75 Å². The summed E-state index contributed by atoms with van der Waals surface area (Å²) in [5.74, 6) is 1.07. The smallest absolute Gasteiger partial charge is 0.493 e. The van der Waals surface area contributed by atoms with Crippen molar-refractivity contribution in [2.75, 3.05) is 19.7 Å². The number of fused-ring (bicyclic) bond motifs is 1. The van der Waals surface area contributed by atoms with Crippen LogP contribution in [0.3, 0.4) is 0 Å². The highest BCUT2D eigenvalue weighted by Crippen LogP contribution is 2.37. The van der Waals surface area contributed by atoms with Gasteiger partial charge >= 0.3 is 13.2 Å². The standard InChI is InChI=1S/C25H34BNO5/c1-23(2,3)30-22(28)27-14-17(15-27)16-29-19-12-18-10-8-9-11-20(18)21(13-19)26-31-24(4,5)25(6,7)32-26/h8-13,17H,14-16H2,1-7H3. The second-order valence-corrected chi connectivity index (χ2v) is 10.9. The van der Waals surface area contributed by atoms with Gasteiger partial charge in [-0.3, -0.25) is 0 Å². The van der Waals surface area contributed by atoms with Crippen molar-refractivity contribution in [3.63, 3.8) is 0 Å². The van der Waals surface area contributed by atoms with Crippen molar-refractivity contribution in [2.24, 2.45) is 5.92 Å². The SMILES string of the molecule is CC(C)(C)OC(=O)N1CC(COc2cc(B3OC(C)(C)C(C)(C)O3)c3ccccc3c2)C1. The Kier molecular flexibility index (Phi) is 5.70. The Balaban J connectivity index is 1.45. The van der Waals surface area contributed by atoms with E-state index in [1.54, 1.807) is 4.90 Å². The van der Waals surface area contributed by atoms with Gasteiger partial charge in [-0.15, -0.1) is 0 Å². The minimum atomic E-state index is -0.478. The molecule has 32 heavy (non-hydrogen) atoms. The zero-order valence-corrected chi connectivity index (χ0v) is 20.2. The molecule has 4 rings (SSSR count). The van der Waals surface area contributed by atoms with Crippen molar-refractivity contribution in [3.05, 3.63) is 36.4 Å². The Labute approximate surface area is 191 Å². The van der Waals surface area contributed by atoms with Crippen LogP contribution in [0.2, 0.25) is 0 Å². The number of hydrogen-bond acceptors (Lipinski definition) is 5. The summed E-state index contributed by atoms with van der Waals surface area (Å²) in [6.07, 6.45) is -0.262. The molecule has 2 aromatic carbocycles. The number of amides is 1. The summed E-state index contributed by atoms with van der Waals surface area (Å²) < 4.78 is 24.2. The van der Waals surface area contributed by atoms with Crippen molar-refractivity contribution in [1.29, 1.82) is 0 Å². The van der Waals surface area contributed by atoms with E-state index in [1.807, 2.05) is 45.0 Å². The Morgan fingerprint density at radius 1 is 1.09 bits per heavy atom. The van der Waals surface area contributed by atoms with E-state index in [-0.39, 0.29) is 12.0 Å². The molecule has 0 bridgehead atoms. The third-order valence-corrected chi connectivity index (χ3v) is 6.47. The van der Waals surface area contributed by atoms with Gasteiger partial charge in [0, 0.05) is 19.0 Å². The summed E-state index contributed by atoms with van der Waals surface area (Å²) in [5, 5.41) is 2.18. The monoisotopic (exact) mass is 439 g/mol. The first-order chi connectivity index (χ1) is 14.8. The number of likely N-dealkylation sites (tertiary alicyclic amines) is 1. The summed E-state index contributed by atoms with van der Waals surface area (Å²) >= 11 is 0. The summed E-state index contributed by atoms with van der Waals surface area (Å²) in [4.78, 5) is 13.9. The quantitative estimate of drug-likeness (QED) is 0.662. The van der Waals surface area contributed by atoms with Gasteiger partial charge < -0.3 is 23.7 Å². The van der Waals surface area contributed by atoms with Gasteiger partial charge in [-0.25, -0.2) is 4.79 Å². The predicted octanol–water partition coefficient (Wildman–Crippen LogP) is 4.38. The van der Waals surface area contributed by atoms with Gasteiger partial charge in [0.15, 0.2) is 0 Å². The molecular weight excluding hydrogens is 405 g/mol. The van der Waals surface area contributed by atoms with Gasteiger partial charge in [0.05, 0.1) is 17.8 Å². The van der Waals surface area contributed by atoms with E-state index in [2.05, 4.69) is 39.8 Å². The third-order valence-electron chi connectivity index (χ3n) is 6.47. The van der Waals surface area contributed by atoms with Crippen LogP contribution in [-0.2, 0) is 14.0 Å². The third kappa shape index (κ3) is 4.60. The Morgan fingerprint density at radius 2 is 1.72 bits per heavy atom. The first-order valence-electron chi connectivity index (χ1n) is 11.3. The summed E-state index contributed by atoms with van der Waals surface area (Å²) in [7, 11) is -0.459. The van der Waals surface area contributed by atoms with E-state index in [1.165, 1.54) is 0 Å². The zero-order valence-electron chi connectivity index (χ0n) is 20.2. The molecular formula is C25H34BNO5. The molecule has 0 aliphatic carbocycles. The number of hydrogen-bond donors (Lipinski definition) is 0. The van der Waals surface area contributed by atoms with Gasteiger partial charge in [-0.1, -0.05) is 24.3 Å². The molecule has 2 fully saturated rings. The van der Waals surface area contributed by atoms with Crippen LogP contribution < -0.4 is 10.2 Å². The van der Waals surface area contributed by atoms with Crippen LogP contribution in [0.15, 0.2) is 36.4 Å². The highest BCUT2D eigenvalue weighted by molar-refractivity contribution is 6.65. The van der Waals surface area contributed by atoms with Crippen molar-refractivity contribution in [2.45, 2.75) is 65.3 Å². The van der Waals surface area contributed by atoms with E-state index < -0.39 is 23.9 Å². The van der Waals surface area contributed by atoms with Gasteiger partial charge in [-0.2, -0.15) is 0 Å². The van der Waals surface area contributed by atoms with Crippen LogP contribution in [0.4, 0.5) is 4.79 Å². The second-order valence-electron chi connectivity index (χ2n) is 10.9. The molecule has 2 aromatic rings. The Bertz CT molecular complexity index is 991. The lowest BCUT2D eigenvalue weighted by Gasteiger charge is -2.39. The molecule has 2 heterocycles. The van der Waals surface area contributed by atoms with Gasteiger partial charge in [-0.05, 0) is 76.8 Å². The van der Waals surface area contributed by atoms with Crippen molar-refractivity contribution in [1.82, 2.24) is 4.90 Å². The fourth-order valence-corrected chi connectivity index (χ4v) is 3.92. The molecule has 0 radical (unpaired) electrons. The molecule has 2 saturated heterocycles. The number of benzene rings is 2.